The fourth-order valence-electron chi connectivity index (χ4n) is 3.35. The van der Waals surface area contributed by atoms with Gasteiger partial charge in [0.2, 0.25) is 0 Å². The topological polar surface area (TPSA) is 51.5 Å². The van der Waals surface area contributed by atoms with Crippen molar-refractivity contribution in [3.05, 3.63) is 71.8 Å². The maximum Gasteiger partial charge on any atom is 0.265 e. The number of benzene rings is 3. The summed E-state index contributed by atoms with van der Waals surface area (Å²) in [5.41, 5.74) is 4.48. The number of anilines is 1. The van der Waals surface area contributed by atoms with Gasteiger partial charge in [-0.15, -0.1) is 0 Å². The van der Waals surface area contributed by atoms with E-state index in [1.165, 1.54) is 0 Å². The largest absolute Gasteiger partial charge is 0.480 e. The fraction of sp³-hybridized carbons (Fsp3) is 0.208. The van der Waals surface area contributed by atoms with Gasteiger partial charge in [-0.05, 0) is 55.7 Å². The molecule has 0 radical (unpaired) electrons. The molecule has 0 aliphatic rings. The summed E-state index contributed by atoms with van der Waals surface area (Å²) in [6.45, 7) is 5.98. The van der Waals surface area contributed by atoms with E-state index in [0.717, 1.165) is 38.8 Å². The number of amides is 1. The van der Waals surface area contributed by atoms with Gasteiger partial charge in [-0.25, -0.2) is 0 Å². The van der Waals surface area contributed by atoms with Gasteiger partial charge in [0, 0.05) is 22.5 Å². The molecule has 1 atom stereocenters. The summed E-state index contributed by atoms with van der Waals surface area (Å²) in [6, 6.07) is 19.5. The minimum Gasteiger partial charge on any atom is -0.480 e. The Morgan fingerprint density at radius 3 is 2.61 bits per heavy atom. The van der Waals surface area contributed by atoms with Crippen LogP contribution >= 0.6 is 0 Å². The van der Waals surface area contributed by atoms with Gasteiger partial charge >= 0.3 is 0 Å². The van der Waals surface area contributed by atoms with E-state index in [0.29, 0.717) is 12.1 Å². The second-order valence-electron chi connectivity index (χ2n) is 7.01. The minimum atomic E-state index is -0.563. The number of hydrogen-bond acceptors (Lipinski definition) is 3. The second-order valence-corrected chi connectivity index (χ2v) is 7.01. The molecule has 1 heterocycles. The lowest BCUT2D eigenvalue weighted by Crippen LogP contribution is -2.32. The van der Waals surface area contributed by atoms with Crippen molar-refractivity contribution < 1.29 is 13.9 Å². The van der Waals surface area contributed by atoms with E-state index < -0.39 is 6.10 Å². The van der Waals surface area contributed by atoms with Crippen LogP contribution in [0.4, 0.5) is 5.69 Å². The molecule has 0 spiro atoms. The molecule has 0 saturated heterocycles. The molecule has 1 N–H and O–H groups in total. The molecule has 1 amide bonds. The van der Waals surface area contributed by atoms with Crippen LogP contribution in [0.5, 0.6) is 5.75 Å². The van der Waals surface area contributed by atoms with E-state index in [-0.39, 0.29) is 5.91 Å². The molecule has 4 rings (SSSR count). The maximum atomic E-state index is 12.8. The fourth-order valence-corrected chi connectivity index (χ4v) is 3.35. The van der Waals surface area contributed by atoms with E-state index in [9.17, 15) is 4.79 Å². The first-order valence-corrected chi connectivity index (χ1v) is 9.52. The predicted octanol–water partition coefficient (Wildman–Crippen LogP) is 6.00. The Morgan fingerprint density at radius 2 is 1.79 bits per heavy atom. The zero-order valence-corrected chi connectivity index (χ0v) is 16.3. The lowest BCUT2D eigenvalue weighted by molar-refractivity contribution is -0.122. The molecule has 0 bridgehead atoms. The Kier molecular flexibility index (Phi) is 4.78. The summed E-state index contributed by atoms with van der Waals surface area (Å²) < 4.78 is 11.9. The van der Waals surface area contributed by atoms with E-state index in [1.807, 2.05) is 81.4 Å². The Labute approximate surface area is 164 Å². The van der Waals surface area contributed by atoms with Crippen molar-refractivity contribution in [3.63, 3.8) is 0 Å². The van der Waals surface area contributed by atoms with Crippen LogP contribution in [0.2, 0.25) is 0 Å². The standard InChI is InChI=1S/C24H23NO3/c1-4-20(27-21-11-7-8-15(2)16(21)3)24(26)25-17-12-13-19-18-9-5-6-10-22(18)28-23(19)14-17/h5-14,20H,4H2,1-3H3,(H,25,26). The molecule has 3 aromatic carbocycles. The Morgan fingerprint density at radius 1 is 1.00 bits per heavy atom. The number of para-hydroxylation sites is 1. The first-order valence-electron chi connectivity index (χ1n) is 9.52. The van der Waals surface area contributed by atoms with Gasteiger partial charge < -0.3 is 14.5 Å². The summed E-state index contributed by atoms with van der Waals surface area (Å²) in [7, 11) is 0. The summed E-state index contributed by atoms with van der Waals surface area (Å²) in [5.74, 6) is 0.577. The Balaban J connectivity index is 1.56. The second kappa shape index (κ2) is 7.39. The molecule has 142 valence electrons. The molecule has 4 nitrogen and oxygen atoms in total. The van der Waals surface area contributed by atoms with Crippen molar-refractivity contribution in [2.75, 3.05) is 5.32 Å². The number of furan rings is 1. The molecule has 28 heavy (non-hydrogen) atoms. The molecular formula is C24H23NO3. The average Bonchev–Trinajstić information content (AvgIpc) is 3.06. The third kappa shape index (κ3) is 3.33. The zero-order chi connectivity index (χ0) is 19.7. The highest BCUT2D eigenvalue weighted by atomic mass is 16.5. The van der Waals surface area contributed by atoms with E-state index in [2.05, 4.69) is 5.32 Å². The normalized spacial score (nSPS) is 12.2. The first-order chi connectivity index (χ1) is 13.6. The lowest BCUT2D eigenvalue weighted by atomic mass is 10.1. The number of carbonyl (C=O) groups is 1. The highest BCUT2D eigenvalue weighted by Gasteiger charge is 2.20. The summed E-state index contributed by atoms with van der Waals surface area (Å²) in [5, 5.41) is 5.06. The highest BCUT2D eigenvalue weighted by Crippen LogP contribution is 2.30. The third-order valence-corrected chi connectivity index (χ3v) is 5.13. The monoisotopic (exact) mass is 373 g/mol. The van der Waals surface area contributed by atoms with Crippen LogP contribution in [0.3, 0.4) is 0 Å². The zero-order valence-electron chi connectivity index (χ0n) is 16.3. The molecule has 0 aliphatic carbocycles. The number of fused-ring (bicyclic) bond motifs is 3. The first kappa shape index (κ1) is 18.1. The Hall–Kier alpha value is -3.27. The van der Waals surface area contributed by atoms with Gasteiger partial charge in [0.05, 0.1) is 0 Å². The molecule has 1 unspecified atom stereocenters. The summed E-state index contributed by atoms with van der Waals surface area (Å²) in [6.07, 6.45) is 0.0124. The van der Waals surface area contributed by atoms with E-state index in [4.69, 9.17) is 9.15 Å². The van der Waals surface area contributed by atoms with Crippen molar-refractivity contribution in [1.29, 1.82) is 0 Å². The molecular weight excluding hydrogens is 350 g/mol. The van der Waals surface area contributed by atoms with Crippen molar-refractivity contribution in [1.82, 2.24) is 0 Å². The van der Waals surface area contributed by atoms with Gasteiger partial charge in [-0.1, -0.05) is 37.3 Å². The van der Waals surface area contributed by atoms with Gasteiger partial charge in [0.15, 0.2) is 6.10 Å². The van der Waals surface area contributed by atoms with Crippen LogP contribution in [0, 0.1) is 13.8 Å². The van der Waals surface area contributed by atoms with Gasteiger partial charge in [-0.2, -0.15) is 0 Å². The number of hydrogen-bond donors (Lipinski definition) is 1. The van der Waals surface area contributed by atoms with Crippen molar-refractivity contribution >= 4 is 33.5 Å². The highest BCUT2D eigenvalue weighted by molar-refractivity contribution is 6.06. The van der Waals surface area contributed by atoms with Crippen LogP contribution in [-0.2, 0) is 4.79 Å². The predicted molar refractivity (Wildman–Crippen MR) is 113 cm³/mol. The van der Waals surface area contributed by atoms with Crippen molar-refractivity contribution in [2.45, 2.75) is 33.3 Å². The van der Waals surface area contributed by atoms with Gasteiger partial charge in [0.25, 0.3) is 5.91 Å². The number of nitrogens with one attached hydrogen (secondary N) is 1. The number of ether oxygens (including phenoxy) is 1. The van der Waals surface area contributed by atoms with E-state index >= 15 is 0 Å². The molecule has 0 saturated carbocycles. The summed E-state index contributed by atoms with van der Waals surface area (Å²) >= 11 is 0. The van der Waals surface area contributed by atoms with Gasteiger partial charge in [-0.3, -0.25) is 4.79 Å². The minimum absolute atomic E-state index is 0.168. The van der Waals surface area contributed by atoms with Crippen LogP contribution in [0.25, 0.3) is 21.9 Å². The van der Waals surface area contributed by atoms with Crippen LogP contribution in [-0.4, -0.2) is 12.0 Å². The quantitative estimate of drug-likeness (QED) is 0.467. The SMILES string of the molecule is CCC(Oc1cccc(C)c1C)C(=O)Nc1ccc2c(c1)oc1ccccc12. The molecule has 1 aromatic heterocycles. The number of carbonyl (C=O) groups excluding carboxylic acids is 1. The van der Waals surface area contributed by atoms with Crippen molar-refractivity contribution in [3.8, 4) is 5.75 Å². The van der Waals surface area contributed by atoms with Crippen LogP contribution < -0.4 is 10.1 Å². The van der Waals surface area contributed by atoms with Crippen LogP contribution in [0.1, 0.15) is 24.5 Å². The number of aryl methyl sites for hydroxylation is 1. The summed E-state index contributed by atoms with van der Waals surface area (Å²) in [4.78, 5) is 12.8. The lowest BCUT2D eigenvalue weighted by Gasteiger charge is -2.19. The van der Waals surface area contributed by atoms with Crippen molar-refractivity contribution in [2.24, 2.45) is 0 Å². The van der Waals surface area contributed by atoms with Crippen LogP contribution in [0.15, 0.2) is 65.1 Å². The molecule has 0 fully saturated rings. The average molecular weight is 373 g/mol. The molecule has 0 aliphatic heterocycles. The maximum absolute atomic E-state index is 12.8. The molecule has 4 aromatic rings. The molecule has 4 heteroatoms. The third-order valence-electron chi connectivity index (χ3n) is 5.13. The van der Waals surface area contributed by atoms with Gasteiger partial charge in [0.1, 0.15) is 16.9 Å². The van der Waals surface area contributed by atoms with E-state index in [1.54, 1.807) is 0 Å². The Bertz CT molecular complexity index is 1160. The number of rotatable bonds is 5. The smallest absolute Gasteiger partial charge is 0.265 e.